The van der Waals surface area contributed by atoms with Gasteiger partial charge in [0, 0.05) is 25.3 Å². The fourth-order valence-electron chi connectivity index (χ4n) is 3.79. The molecule has 1 aliphatic carbocycles. The van der Waals surface area contributed by atoms with Gasteiger partial charge >= 0.3 is 0 Å². The number of aromatic nitrogens is 1. The molecule has 1 N–H and O–H groups in total. The Morgan fingerprint density at radius 1 is 1.29 bits per heavy atom. The van der Waals surface area contributed by atoms with Crippen LogP contribution in [0.4, 0.5) is 5.82 Å². The average molecular weight is 331 g/mol. The number of hydrogen-bond acceptors (Lipinski definition) is 4. The lowest BCUT2D eigenvalue weighted by atomic mass is 9.85. The number of hydrogen-bond donors (Lipinski definition) is 1. The summed E-state index contributed by atoms with van der Waals surface area (Å²) in [4.78, 5) is 19.0. The summed E-state index contributed by atoms with van der Waals surface area (Å²) in [5.74, 6) is 1.68. The van der Waals surface area contributed by atoms with Gasteiger partial charge in [-0.1, -0.05) is 32.1 Å². The highest BCUT2D eigenvalue weighted by atomic mass is 16.5. The van der Waals surface area contributed by atoms with Gasteiger partial charge in [0.2, 0.25) is 0 Å². The molecule has 1 atom stereocenters. The number of ether oxygens (including phenoxy) is 1. The quantitative estimate of drug-likeness (QED) is 0.901. The molecule has 0 radical (unpaired) electrons. The van der Waals surface area contributed by atoms with Crippen LogP contribution in [0.2, 0.25) is 0 Å². The molecule has 0 unspecified atom stereocenters. The minimum atomic E-state index is -0.0145. The van der Waals surface area contributed by atoms with Gasteiger partial charge in [0.15, 0.2) is 0 Å². The molecule has 3 rings (SSSR count). The minimum Gasteiger partial charge on any atom is -0.378 e. The molecule has 1 aliphatic heterocycles. The summed E-state index contributed by atoms with van der Waals surface area (Å²) in [5, 5.41) is 3.13. The first kappa shape index (κ1) is 17.2. The number of morpholine rings is 1. The number of rotatable bonds is 5. The predicted octanol–water partition coefficient (Wildman–Crippen LogP) is 3.01. The first-order valence-electron chi connectivity index (χ1n) is 9.32. The molecule has 0 spiro atoms. The summed E-state index contributed by atoms with van der Waals surface area (Å²) in [6, 6.07) is 4.03. The third kappa shape index (κ3) is 4.69. The number of amides is 1. The Hall–Kier alpha value is -1.62. The van der Waals surface area contributed by atoms with E-state index >= 15 is 0 Å². The minimum absolute atomic E-state index is 0.0145. The monoisotopic (exact) mass is 331 g/mol. The summed E-state index contributed by atoms with van der Waals surface area (Å²) in [7, 11) is 0. The van der Waals surface area contributed by atoms with Crippen LogP contribution in [0.5, 0.6) is 0 Å². The van der Waals surface area contributed by atoms with Crippen LogP contribution in [0.1, 0.15) is 55.8 Å². The summed E-state index contributed by atoms with van der Waals surface area (Å²) >= 11 is 0. The van der Waals surface area contributed by atoms with Crippen molar-refractivity contribution in [3.05, 3.63) is 23.9 Å². The van der Waals surface area contributed by atoms with Gasteiger partial charge in [-0.25, -0.2) is 4.98 Å². The maximum Gasteiger partial charge on any atom is 0.253 e. The van der Waals surface area contributed by atoms with Crippen molar-refractivity contribution in [1.29, 1.82) is 0 Å². The molecule has 2 aliphatic rings. The van der Waals surface area contributed by atoms with Gasteiger partial charge in [0.05, 0.1) is 18.8 Å². The average Bonchev–Trinajstić information content (AvgIpc) is 2.63. The van der Waals surface area contributed by atoms with Gasteiger partial charge in [0.25, 0.3) is 5.91 Å². The lowest BCUT2D eigenvalue weighted by Crippen LogP contribution is -2.37. The molecule has 2 heterocycles. The van der Waals surface area contributed by atoms with Crippen molar-refractivity contribution in [3.63, 3.8) is 0 Å². The van der Waals surface area contributed by atoms with Crippen LogP contribution in [0, 0.1) is 5.92 Å². The van der Waals surface area contributed by atoms with Gasteiger partial charge in [-0.3, -0.25) is 4.79 Å². The normalized spacial score (nSPS) is 20.6. The molecular weight excluding hydrogens is 302 g/mol. The Balaban J connectivity index is 1.50. The largest absolute Gasteiger partial charge is 0.378 e. The molecule has 1 aromatic heterocycles. The molecule has 5 heteroatoms. The Morgan fingerprint density at radius 3 is 2.71 bits per heavy atom. The van der Waals surface area contributed by atoms with Crippen molar-refractivity contribution in [2.45, 2.75) is 51.5 Å². The highest BCUT2D eigenvalue weighted by Crippen LogP contribution is 2.27. The van der Waals surface area contributed by atoms with Crippen molar-refractivity contribution in [2.75, 3.05) is 31.2 Å². The summed E-state index contributed by atoms with van der Waals surface area (Å²) in [6.45, 7) is 5.31. The number of nitrogens with zero attached hydrogens (tertiary/aromatic N) is 2. The van der Waals surface area contributed by atoms with Crippen molar-refractivity contribution in [1.82, 2.24) is 10.3 Å². The first-order chi connectivity index (χ1) is 11.7. The van der Waals surface area contributed by atoms with Crippen molar-refractivity contribution < 1.29 is 9.53 Å². The van der Waals surface area contributed by atoms with Gasteiger partial charge in [-0.15, -0.1) is 0 Å². The topological polar surface area (TPSA) is 54.5 Å². The standard InChI is InChI=1S/C19H29N3O2/c1-15(13-16-5-3-2-4-6-16)21-19(23)17-7-8-18(20-14-17)22-9-11-24-12-10-22/h7-8,14-16H,2-6,9-13H2,1H3,(H,21,23)/t15-/m1/s1. The Morgan fingerprint density at radius 2 is 2.04 bits per heavy atom. The van der Waals surface area contributed by atoms with Crippen molar-refractivity contribution in [3.8, 4) is 0 Å². The number of anilines is 1. The first-order valence-corrected chi connectivity index (χ1v) is 9.32. The Labute approximate surface area is 144 Å². The fourth-order valence-corrected chi connectivity index (χ4v) is 3.79. The molecule has 132 valence electrons. The molecule has 0 aromatic carbocycles. The van der Waals surface area contributed by atoms with E-state index in [1.807, 2.05) is 12.1 Å². The second kappa shape index (κ2) is 8.47. The predicted molar refractivity (Wildman–Crippen MR) is 95.4 cm³/mol. The van der Waals surface area contributed by atoms with E-state index in [0.717, 1.165) is 44.5 Å². The Kier molecular flexibility index (Phi) is 6.07. The zero-order valence-electron chi connectivity index (χ0n) is 14.7. The van der Waals surface area contributed by atoms with Crippen LogP contribution in [-0.2, 0) is 4.74 Å². The molecule has 0 bridgehead atoms. The number of nitrogens with one attached hydrogen (secondary N) is 1. The second-order valence-electron chi connectivity index (χ2n) is 7.12. The van der Waals surface area contributed by atoms with E-state index in [9.17, 15) is 4.79 Å². The lowest BCUT2D eigenvalue weighted by molar-refractivity contribution is 0.0932. The number of pyridine rings is 1. The van der Waals surface area contributed by atoms with E-state index in [0.29, 0.717) is 5.56 Å². The fraction of sp³-hybridized carbons (Fsp3) is 0.684. The molecule has 2 fully saturated rings. The van der Waals surface area contributed by atoms with Gasteiger partial charge in [0.1, 0.15) is 5.82 Å². The zero-order valence-corrected chi connectivity index (χ0v) is 14.7. The number of carbonyl (C=O) groups is 1. The van der Waals surface area contributed by atoms with E-state index < -0.39 is 0 Å². The SMILES string of the molecule is C[C@H](CC1CCCCC1)NC(=O)c1ccc(N2CCOCC2)nc1. The van der Waals surface area contributed by atoms with E-state index in [1.165, 1.54) is 32.1 Å². The maximum absolute atomic E-state index is 12.4. The van der Waals surface area contributed by atoms with Gasteiger partial charge < -0.3 is 15.0 Å². The van der Waals surface area contributed by atoms with Crippen LogP contribution in [0.3, 0.4) is 0 Å². The molecule has 1 aromatic rings. The highest BCUT2D eigenvalue weighted by Gasteiger charge is 2.18. The smallest absolute Gasteiger partial charge is 0.253 e. The molecule has 5 nitrogen and oxygen atoms in total. The zero-order chi connectivity index (χ0) is 16.8. The van der Waals surface area contributed by atoms with Crippen LogP contribution in [0.25, 0.3) is 0 Å². The van der Waals surface area contributed by atoms with Gasteiger partial charge in [-0.2, -0.15) is 0 Å². The van der Waals surface area contributed by atoms with Crippen LogP contribution in [-0.4, -0.2) is 43.2 Å². The molecule has 1 saturated carbocycles. The molecule has 1 saturated heterocycles. The Bertz CT molecular complexity index is 520. The van der Waals surface area contributed by atoms with E-state index in [1.54, 1.807) is 6.20 Å². The van der Waals surface area contributed by atoms with Crippen LogP contribution < -0.4 is 10.2 Å². The van der Waals surface area contributed by atoms with Crippen LogP contribution in [0.15, 0.2) is 18.3 Å². The van der Waals surface area contributed by atoms with Crippen molar-refractivity contribution >= 4 is 11.7 Å². The van der Waals surface area contributed by atoms with Crippen molar-refractivity contribution in [2.24, 2.45) is 5.92 Å². The van der Waals surface area contributed by atoms with Gasteiger partial charge in [-0.05, 0) is 31.4 Å². The maximum atomic E-state index is 12.4. The summed E-state index contributed by atoms with van der Waals surface area (Å²) in [6.07, 6.45) is 9.47. The summed E-state index contributed by atoms with van der Waals surface area (Å²) < 4.78 is 5.36. The van der Waals surface area contributed by atoms with E-state index in [4.69, 9.17) is 4.74 Å². The third-order valence-corrected chi connectivity index (χ3v) is 5.13. The molecular formula is C19H29N3O2. The van der Waals surface area contributed by atoms with Crippen LogP contribution >= 0.6 is 0 Å². The number of carbonyl (C=O) groups excluding carboxylic acids is 1. The molecule has 1 amide bonds. The summed E-state index contributed by atoms with van der Waals surface area (Å²) in [5.41, 5.74) is 0.641. The van der Waals surface area contributed by atoms with E-state index in [-0.39, 0.29) is 11.9 Å². The third-order valence-electron chi connectivity index (χ3n) is 5.13. The lowest BCUT2D eigenvalue weighted by Gasteiger charge is -2.27. The highest BCUT2D eigenvalue weighted by molar-refractivity contribution is 5.94. The molecule has 24 heavy (non-hydrogen) atoms. The van der Waals surface area contributed by atoms with E-state index in [2.05, 4.69) is 22.1 Å². The second-order valence-corrected chi connectivity index (χ2v) is 7.12.